The zero-order valence-electron chi connectivity index (χ0n) is 10.8. The molecule has 4 heteroatoms. The molecule has 3 rings (SSSR count). The number of hydrogen-bond donors (Lipinski definition) is 1. The molecular weight excluding hydrogens is 290 g/mol. The number of nitrogens with two attached hydrogens (primary N) is 1. The van der Waals surface area contributed by atoms with Gasteiger partial charge in [0.05, 0.1) is 9.90 Å². The van der Waals surface area contributed by atoms with Crippen molar-refractivity contribution in [2.24, 2.45) is 5.73 Å². The highest BCUT2D eigenvalue weighted by Crippen LogP contribution is 2.42. The molecule has 0 spiro atoms. The Morgan fingerprint density at radius 3 is 2.60 bits per heavy atom. The van der Waals surface area contributed by atoms with E-state index in [-0.39, 0.29) is 0 Å². The van der Waals surface area contributed by atoms with Crippen LogP contribution in [0.4, 0.5) is 0 Å². The minimum absolute atomic E-state index is 0.415. The number of amides is 1. The van der Waals surface area contributed by atoms with E-state index in [2.05, 4.69) is 6.07 Å². The SMILES string of the molecule is Cc1cc(C(N)=O)ccc1-c1sc2ccccc2c1Cl. The summed E-state index contributed by atoms with van der Waals surface area (Å²) in [7, 11) is 0. The minimum Gasteiger partial charge on any atom is -0.366 e. The normalized spacial score (nSPS) is 10.9. The smallest absolute Gasteiger partial charge is 0.248 e. The van der Waals surface area contributed by atoms with Gasteiger partial charge in [0.25, 0.3) is 0 Å². The van der Waals surface area contributed by atoms with Gasteiger partial charge < -0.3 is 5.73 Å². The molecule has 0 bridgehead atoms. The van der Waals surface area contributed by atoms with Crippen LogP contribution in [0.25, 0.3) is 20.5 Å². The van der Waals surface area contributed by atoms with Crippen LogP contribution in [0.1, 0.15) is 15.9 Å². The molecule has 3 aromatic rings. The molecule has 100 valence electrons. The second-order valence-electron chi connectivity index (χ2n) is 4.64. The van der Waals surface area contributed by atoms with Crippen LogP contribution in [0.5, 0.6) is 0 Å². The van der Waals surface area contributed by atoms with Crippen molar-refractivity contribution < 1.29 is 4.79 Å². The van der Waals surface area contributed by atoms with Crippen molar-refractivity contribution in [2.75, 3.05) is 0 Å². The van der Waals surface area contributed by atoms with Gasteiger partial charge >= 0.3 is 0 Å². The molecule has 0 aliphatic rings. The predicted octanol–water partition coefficient (Wildman–Crippen LogP) is 4.63. The van der Waals surface area contributed by atoms with Gasteiger partial charge in [0.2, 0.25) is 5.91 Å². The second kappa shape index (κ2) is 4.93. The van der Waals surface area contributed by atoms with Crippen LogP contribution in [-0.2, 0) is 0 Å². The first-order valence-electron chi connectivity index (χ1n) is 6.16. The number of carbonyl (C=O) groups is 1. The van der Waals surface area contributed by atoms with Crippen LogP contribution in [0.15, 0.2) is 42.5 Å². The fourth-order valence-electron chi connectivity index (χ4n) is 2.26. The lowest BCUT2D eigenvalue weighted by molar-refractivity contribution is 0.1000. The predicted molar refractivity (Wildman–Crippen MR) is 85.5 cm³/mol. The summed E-state index contributed by atoms with van der Waals surface area (Å²) in [6.07, 6.45) is 0. The molecular formula is C16H12ClNOS. The van der Waals surface area contributed by atoms with Crippen molar-refractivity contribution in [3.8, 4) is 10.4 Å². The summed E-state index contributed by atoms with van der Waals surface area (Å²) in [5.41, 5.74) is 7.86. The van der Waals surface area contributed by atoms with E-state index in [1.54, 1.807) is 23.5 Å². The maximum atomic E-state index is 11.2. The monoisotopic (exact) mass is 301 g/mol. The molecule has 1 amide bonds. The maximum absolute atomic E-state index is 11.2. The third-order valence-electron chi connectivity index (χ3n) is 3.29. The lowest BCUT2D eigenvalue weighted by atomic mass is 10.0. The van der Waals surface area contributed by atoms with Gasteiger partial charge in [0, 0.05) is 15.6 Å². The van der Waals surface area contributed by atoms with Gasteiger partial charge in [-0.2, -0.15) is 0 Å². The van der Waals surface area contributed by atoms with Crippen LogP contribution in [0.3, 0.4) is 0 Å². The number of hydrogen-bond acceptors (Lipinski definition) is 2. The first-order chi connectivity index (χ1) is 9.58. The zero-order chi connectivity index (χ0) is 14.3. The number of carbonyl (C=O) groups excluding carboxylic acids is 1. The Balaban J connectivity index is 2.20. The third-order valence-corrected chi connectivity index (χ3v) is 5.00. The molecule has 2 N–H and O–H groups in total. The van der Waals surface area contributed by atoms with Crippen LogP contribution in [0, 0.1) is 6.92 Å². The molecule has 0 saturated carbocycles. The Hall–Kier alpha value is -1.84. The topological polar surface area (TPSA) is 43.1 Å². The second-order valence-corrected chi connectivity index (χ2v) is 6.07. The van der Waals surface area contributed by atoms with Crippen molar-refractivity contribution in [3.63, 3.8) is 0 Å². The highest BCUT2D eigenvalue weighted by Gasteiger charge is 2.14. The average molecular weight is 302 g/mol. The molecule has 0 radical (unpaired) electrons. The summed E-state index contributed by atoms with van der Waals surface area (Å²) >= 11 is 8.14. The van der Waals surface area contributed by atoms with Crippen molar-refractivity contribution in [2.45, 2.75) is 6.92 Å². The van der Waals surface area contributed by atoms with E-state index in [1.807, 2.05) is 31.2 Å². The standard InChI is InChI=1S/C16H12ClNOS/c1-9-8-10(16(18)19)6-7-11(9)15-14(17)12-4-2-3-5-13(12)20-15/h2-8H,1H3,(H2,18,19). The molecule has 0 aliphatic heterocycles. The van der Waals surface area contributed by atoms with Gasteiger partial charge in [-0.25, -0.2) is 0 Å². The van der Waals surface area contributed by atoms with Crippen molar-refractivity contribution in [1.82, 2.24) is 0 Å². The summed E-state index contributed by atoms with van der Waals surface area (Å²) in [6, 6.07) is 13.5. The largest absolute Gasteiger partial charge is 0.366 e. The Morgan fingerprint density at radius 2 is 1.95 bits per heavy atom. The van der Waals surface area contributed by atoms with E-state index in [0.29, 0.717) is 5.56 Å². The van der Waals surface area contributed by atoms with E-state index in [1.165, 1.54) is 0 Å². The number of fused-ring (bicyclic) bond motifs is 1. The van der Waals surface area contributed by atoms with Gasteiger partial charge in [0.15, 0.2) is 0 Å². The molecule has 2 aromatic carbocycles. The van der Waals surface area contributed by atoms with E-state index >= 15 is 0 Å². The molecule has 0 saturated heterocycles. The highest BCUT2D eigenvalue weighted by atomic mass is 35.5. The maximum Gasteiger partial charge on any atom is 0.248 e. The molecule has 0 unspecified atom stereocenters. The number of primary amides is 1. The van der Waals surface area contributed by atoms with Crippen molar-refractivity contribution in [1.29, 1.82) is 0 Å². The lowest BCUT2D eigenvalue weighted by Crippen LogP contribution is -2.10. The quantitative estimate of drug-likeness (QED) is 0.737. The first kappa shape index (κ1) is 13.2. The summed E-state index contributed by atoms with van der Waals surface area (Å²) in [6.45, 7) is 1.96. The van der Waals surface area contributed by atoms with Crippen LogP contribution >= 0.6 is 22.9 Å². The van der Waals surface area contributed by atoms with Crippen LogP contribution < -0.4 is 5.73 Å². The van der Waals surface area contributed by atoms with E-state index in [4.69, 9.17) is 17.3 Å². The van der Waals surface area contributed by atoms with Crippen molar-refractivity contribution >= 4 is 38.9 Å². The Kier molecular flexibility index (Phi) is 3.24. The number of aryl methyl sites for hydroxylation is 1. The van der Waals surface area contributed by atoms with E-state index < -0.39 is 5.91 Å². The van der Waals surface area contributed by atoms with E-state index in [0.717, 1.165) is 31.1 Å². The van der Waals surface area contributed by atoms with Gasteiger partial charge in [-0.3, -0.25) is 4.79 Å². The van der Waals surface area contributed by atoms with Crippen molar-refractivity contribution in [3.05, 3.63) is 58.6 Å². The van der Waals surface area contributed by atoms with Gasteiger partial charge in [-0.05, 0) is 36.2 Å². The Bertz CT molecular complexity index is 822. The number of halogens is 1. The molecule has 1 aromatic heterocycles. The minimum atomic E-state index is -0.415. The molecule has 2 nitrogen and oxygen atoms in total. The zero-order valence-corrected chi connectivity index (χ0v) is 12.4. The van der Waals surface area contributed by atoms with Crippen LogP contribution in [0.2, 0.25) is 5.02 Å². The van der Waals surface area contributed by atoms with Gasteiger partial charge in [0.1, 0.15) is 0 Å². The van der Waals surface area contributed by atoms with Crippen LogP contribution in [-0.4, -0.2) is 5.91 Å². The Morgan fingerprint density at radius 1 is 1.20 bits per heavy atom. The van der Waals surface area contributed by atoms with E-state index in [9.17, 15) is 4.79 Å². The summed E-state index contributed by atoms with van der Waals surface area (Å²) in [4.78, 5) is 12.2. The molecule has 20 heavy (non-hydrogen) atoms. The Labute approximate surface area is 125 Å². The summed E-state index contributed by atoms with van der Waals surface area (Å²) < 4.78 is 1.16. The molecule has 0 fully saturated rings. The number of rotatable bonds is 2. The first-order valence-corrected chi connectivity index (χ1v) is 7.35. The molecule has 0 aliphatic carbocycles. The highest BCUT2D eigenvalue weighted by molar-refractivity contribution is 7.23. The van der Waals surface area contributed by atoms with Gasteiger partial charge in [-0.1, -0.05) is 35.9 Å². The summed E-state index contributed by atoms with van der Waals surface area (Å²) in [5.74, 6) is -0.415. The molecule has 0 atom stereocenters. The average Bonchev–Trinajstić information content (AvgIpc) is 2.76. The number of benzene rings is 2. The lowest BCUT2D eigenvalue weighted by Gasteiger charge is -2.05. The fraction of sp³-hybridized carbons (Fsp3) is 0.0625. The summed E-state index contributed by atoms with van der Waals surface area (Å²) in [5, 5.41) is 1.83. The fourth-order valence-corrected chi connectivity index (χ4v) is 3.88. The molecule has 1 heterocycles. The number of thiophene rings is 1. The van der Waals surface area contributed by atoms with Gasteiger partial charge in [-0.15, -0.1) is 11.3 Å². The third kappa shape index (κ3) is 2.09.